The third-order valence-corrected chi connectivity index (χ3v) is 2.94. The molecule has 0 amide bonds. The highest BCUT2D eigenvalue weighted by Crippen LogP contribution is 2.27. The summed E-state index contributed by atoms with van der Waals surface area (Å²) < 4.78 is 12.6. The second-order valence-electron chi connectivity index (χ2n) is 4.55. The molecular weight excluding hydrogens is 268 g/mol. The summed E-state index contributed by atoms with van der Waals surface area (Å²) in [5.41, 5.74) is 0.918. The van der Waals surface area contributed by atoms with E-state index < -0.39 is 0 Å². The van der Waals surface area contributed by atoms with Gasteiger partial charge in [0.05, 0.1) is 19.9 Å². The number of hydrogen-bond acceptors (Lipinski definition) is 5. The molecule has 21 heavy (non-hydrogen) atoms. The molecule has 0 unspecified atom stereocenters. The molecular formula is C15H20N4O2. The number of unbranched alkanes of at least 4 members (excludes halogenated alkanes) is 2. The van der Waals surface area contributed by atoms with Gasteiger partial charge in [-0.05, 0) is 30.2 Å². The molecule has 0 aliphatic carbocycles. The minimum Gasteiger partial charge on any atom is -0.493 e. The number of benzene rings is 1. The van der Waals surface area contributed by atoms with Crippen LogP contribution in [0.4, 0.5) is 0 Å². The third-order valence-electron chi connectivity index (χ3n) is 2.94. The first-order chi connectivity index (χ1) is 10.3. The zero-order valence-electron chi connectivity index (χ0n) is 12.4. The smallest absolute Gasteiger partial charge is 0.161 e. The first kappa shape index (κ1) is 15.0. The molecule has 6 heteroatoms. The third kappa shape index (κ3) is 4.59. The lowest BCUT2D eigenvalue weighted by molar-refractivity contribution is 0.286. The van der Waals surface area contributed by atoms with Crippen LogP contribution in [-0.2, 0) is 0 Å². The Hall–Kier alpha value is -2.37. The van der Waals surface area contributed by atoms with Crippen LogP contribution < -0.4 is 9.47 Å². The van der Waals surface area contributed by atoms with Crippen molar-refractivity contribution in [1.82, 2.24) is 14.9 Å². The minimum absolute atomic E-state index is 0.707. The summed E-state index contributed by atoms with van der Waals surface area (Å²) in [6.45, 7) is 2.88. The normalized spacial score (nSPS) is 11.0. The Bertz CT molecular complexity index is 567. The van der Waals surface area contributed by atoms with Gasteiger partial charge in [0.2, 0.25) is 0 Å². The minimum atomic E-state index is 0.707. The molecule has 1 heterocycles. The van der Waals surface area contributed by atoms with Crippen LogP contribution in [-0.4, -0.2) is 34.8 Å². The Morgan fingerprint density at radius 3 is 2.71 bits per heavy atom. The van der Waals surface area contributed by atoms with Gasteiger partial charge < -0.3 is 9.47 Å². The predicted octanol–water partition coefficient (Wildman–Crippen LogP) is 2.74. The number of nitrogens with zero attached hydrogens (tertiary/aromatic N) is 4. The van der Waals surface area contributed by atoms with Crippen LogP contribution in [0.3, 0.4) is 0 Å². The van der Waals surface area contributed by atoms with Crippen LogP contribution in [0.5, 0.6) is 11.5 Å². The van der Waals surface area contributed by atoms with Crippen molar-refractivity contribution in [1.29, 1.82) is 0 Å². The summed E-state index contributed by atoms with van der Waals surface area (Å²) in [5, 5.41) is 11.6. The molecule has 0 aliphatic rings. The average molecular weight is 288 g/mol. The predicted molar refractivity (Wildman–Crippen MR) is 81.0 cm³/mol. The summed E-state index contributed by atoms with van der Waals surface area (Å²) in [6.07, 6.45) is 8.17. The lowest BCUT2D eigenvalue weighted by atomic mass is 10.2. The lowest BCUT2D eigenvalue weighted by Crippen LogP contribution is -2.00. The average Bonchev–Trinajstić information content (AvgIpc) is 3.03. The summed E-state index contributed by atoms with van der Waals surface area (Å²) >= 11 is 0. The van der Waals surface area contributed by atoms with Crippen molar-refractivity contribution < 1.29 is 9.47 Å². The summed E-state index contributed by atoms with van der Waals surface area (Å²) in [7, 11) is 1.63. The van der Waals surface area contributed by atoms with Gasteiger partial charge in [0.15, 0.2) is 11.5 Å². The van der Waals surface area contributed by atoms with Crippen molar-refractivity contribution in [3.63, 3.8) is 0 Å². The zero-order valence-corrected chi connectivity index (χ0v) is 12.4. The fourth-order valence-electron chi connectivity index (χ4n) is 1.81. The fourth-order valence-corrected chi connectivity index (χ4v) is 1.81. The summed E-state index contributed by atoms with van der Waals surface area (Å²) in [4.78, 5) is 0. The van der Waals surface area contributed by atoms with Crippen LogP contribution in [0.15, 0.2) is 36.0 Å². The van der Waals surface area contributed by atoms with Gasteiger partial charge in [-0.1, -0.05) is 19.8 Å². The van der Waals surface area contributed by atoms with Crippen LogP contribution in [0, 0.1) is 0 Å². The largest absolute Gasteiger partial charge is 0.493 e. The molecule has 0 N–H and O–H groups in total. The van der Waals surface area contributed by atoms with Gasteiger partial charge >= 0.3 is 0 Å². The molecule has 0 atom stereocenters. The van der Waals surface area contributed by atoms with E-state index >= 15 is 0 Å². The molecule has 6 nitrogen and oxygen atoms in total. The second-order valence-corrected chi connectivity index (χ2v) is 4.55. The standard InChI is InChI=1S/C15H20N4O2/c1-3-4-5-8-21-14-7-6-13(9-15(14)20-2)10-18-19-11-16-17-12-19/h6-7,9-12H,3-5,8H2,1-2H3/b18-10+. The van der Waals surface area contributed by atoms with Crippen LogP contribution in [0.25, 0.3) is 0 Å². The van der Waals surface area contributed by atoms with Gasteiger partial charge in [0.1, 0.15) is 12.7 Å². The zero-order chi connectivity index (χ0) is 14.9. The Kier molecular flexibility index (Phi) is 5.75. The van der Waals surface area contributed by atoms with Crippen molar-refractivity contribution in [3.8, 4) is 11.5 Å². The van der Waals surface area contributed by atoms with Gasteiger partial charge in [0.25, 0.3) is 0 Å². The number of methoxy groups -OCH3 is 1. The quantitative estimate of drug-likeness (QED) is 0.553. The molecule has 0 saturated heterocycles. The Morgan fingerprint density at radius 1 is 1.19 bits per heavy atom. The maximum absolute atomic E-state index is 5.74. The summed E-state index contributed by atoms with van der Waals surface area (Å²) in [5.74, 6) is 1.47. The number of ether oxygens (including phenoxy) is 2. The second kappa shape index (κ2) is 8.04. The number of rotatable bonds is 8. The lowest BCUT2D eigenvalue weighted by Gasteiger charge is -2.11. The van der Waals surface area contributed by atoms with Crippen molar-refractivity contribution in [2.24, 2.45) is 5.10 Å². The van der Waals surface area contributed by atoms with Gasteiger partial charge in [-0.3, -0.25) is 0 Å². The van der Waals surface area contributed by atoms with Crippen molar-refractivity contribution in [3.05, 3.63) is 36.4 Å². The molecule has 0 fully saturated rings. The van der Waals surface area contributed by atoms with Crippen LogP contribution >= 0.6 is 0 Å². The van der Waals surface area contributed by atoms with Gasteiger partial charge in [-0.15, -0.1) is 10.2 Å². The molecule has 2 rings (SSSR count). The van der Waals surface area contributed by atoms with Crippen molar-refractivity contribution >= 4 is 6.21 Å². The molecule has 0 aliphatic heterocycles. The van der Waals surface area contributed by atoms with E-state index in [-0.39, 0.29) is 0 Å². The van der Waals surface area contributed by atoms with E-state index in [1.54, 1.807) is 13.3 Å². The number of hydrogen-bond donors (Lipinski definition) is 0. The van der Waals surface area contributed by atoms with E-state index in [4.69, 9.17) is 9.47 Å². The van der Waals surface area contributed by atoms with Crippen molar-refractivity contribution in [2.45, 2.75) is 26.2 Å². The van der Waals surface area contributed by atoms with Gasteiger partial charge in [-0.2, -0.15) is 5.10 Å². The molecule has 1 aromatic carbocycles. The van der Waals surface area contributed by atoms with Gasteiger partial charge in [0, 0.05) is 0 Å². The maximum atomic E-state index is 5.74. The highest BCUT2D eigenvalue weighted by molar-refractivity contribution is 5.80. The van der Waals surface area contributed by atoms with E-state index in [9.17, 15) is 0 Å². The SMILES string of the molecule is CCCCCOc1ccc(/C=N/n2cnnc2)cc1OC. The van der Waals surface area contributed by atoms with Crippen LogP contribution in [0.1, 0.15) is 31.7 Å². The molecule has 1 aromatic heterocycles. The monoisotopic (exact) mass is 288 g/mol. The topological polar surface area (TPSA) is 61.5 Å². The Labute approximate surface area is 124 Å². The molecule has 2 aromatic rings. The first-order valence-electron chi connectivity index (χ1n) is 7.03. The van der Waals surface area contributed by atoms with Gasteiger partial charge in [-0.25, -0.2) is 4.68 Å². The highest BCUT2D eigenvalue weighted by Gasteiger charge is 2.04. The summed E-state index contributed by atoms with van der Waals surface area (Å²) in [6, 6.07) is 5.73. The van der Waals surface area contributed by atoms with E-state index in [0.29, 0.717) is 12.4 Å². The molecule has 0 radical (unpaired) electrons. The van der Waals surface area contributed by atoms with E-state index in [0.717, 1.165) is 17.7 Å². The van der Waals surface area contributed by atoms with E-state index in [1.165, 1.54) is 30.2 Å². The molecule has 0 bridgehead atoms. The molecule has 0 saturated carbocycles. The molecule has 112 valence electrons. The highest BCUT2D eigenvalue weighted by atomic mass is 16.5. The van der Waals surface area contributed by atoms with E-state index in [1.807, 2.05) is 18.2 Å². The van der Waals surface area contributed by atoms with Crippen molar-refractivity contribution in [2.75, 3.05) is 13.7 Å². The fraction of sp³-hybridized carbons (Fsp3) is 0.400. The Balaban J connectivity index is 2.01. The van der Waals surface area contributed by atoms with Crippen LogP contribution in [0.2, 0.25) is 0 Å². The maximum Gasteiger partial charge on any atom is 0.161 e. The number of aromatic nitrogens is 3. The first-order valence-corrected chi connectivity index (χ1v) is 7.03. The molecule has 0 spiro atoms. The van der Waals surface area contributed by atoms with E-state index in [2.05, 4.69) is 22.2 Å². The Morgan fingerprint density at radius 2 is 2.00 bits per heavy atom.